The van der Waals surface area contributed by atoms with Crippen LogP contribution in [0, 0.1) is 0 Å². The summed E-state index contributed by atoms with van der Waals surface area (Å²) in [4.78, 5) is 2.23. The number of hydrogen-bond donors (Lipinski definition) is 1. The first kappa shape index (κ1) is 19.4. The molecule has 8 nitrogen and oxygen atoms in total. The van der Waals surface area contributed by atoms with Gasteiger partial charge in [-0.05, 0) is 24.7 Å². The lowest BCUT2D eigenvalue weighted by Crippen LogP contribution is -2.40. The maximum absolute atomic E-state index is 6.08. The third kappa shape index (κ3) is 4.17. The van der Waals surface area contributed by atoms with Gasteiger partial charge in [0, 0.05) is 13.1 Å². The zero-order valence-corrected chi connectivity index (χ0v) is 17.1. The number of rotatable bonds is 8. The van der Waals surface area contributed by atoms with Crippen LogP contribution in [-0.2, 0) is 29.1 Å². The summed E-state index contributed by atoms with van der Waals surface area (Å²) in [5, 5.41) is 12.2. The Morgan fingerprint density at radius 2 is 1.93 bits per heavy atom. The quantitative estimate of drug-likeness (QED) is 0.610. The molecule has 0 radical (unpaired) electrons. The van der Waals surface area contributed by atoms with Gasteiger partial charge in [-0.15, -0.1) is 5.10 Å². The van der Waals surface area contributed by atoms with Gasteiger partial charge in [-0.2, -0.15) is 0 Å². The zero-order valence-electron chi connectivity index (χ0n) is 17.1. The van der Waals surface area contributed by atoms with Crippen LogP contribution in [0.3, 0.4) is 0 Å². The molecule has 0 aliphatic carbocycles. The lowest BCUT2D eigenvalue weighted by molar-refractivity contribution is 0.0619. The highest BCUT2D eigenvalue weighted by Gasteiger charge is 2.48. The first-order valence-corrected chi connectivity index (χ1v) is 10.4. The molecule has 0 spiro atoms. The summed E-state index contributed by atoms with van der Waals surface area (Å²) in [7, 11) is 2.09. The van der Waals surface area contributed by atoms with Crippen LogP contribution in [-0.4, -0.2) is 58.4 Å². The fourth-order valence-corrected chi connectivity index (χ4v) is 4.30. The van der Waals surface area contributed by atoms with Crippen molar-refractivity contribution in [1.29, 1.82) is 0 Å². The summed E-state index contributed by atoms with van der Waals surface area (Å²) in [5.41, 5.74) is 2.23. The molecular formula is C22H27N5O3. The number of hydrogen-bond acceptors (Lipinski definition) is 7. The summed E-state index contributed by atoms with van der Waals surface area (Å²) in [6.07, 6.45) is 3.70. The van der Waals surface area contributed by atoms with Crippen LogP contribution in [0.15, 0.2) is 59.3 Å². The van der Waals surface area contributed by atoms with E-state index >= 15 is 0 Å². The maximum atomic E-state index is 6.08. The second kappa shape index (κ2) is 8.69. The van der Waals surface area contributed by atoms with Crippen LogP contribution >= 0.6 is 0 Å². The van der Waals surface area contributed by atoms with E-state index in [9.17, 15) is 0 Å². The van der Waals surface area contributed by atoms with Crippen molar-refractivity contribution in [2.45, 2.75) is 43.9 Å². The van der Waals surface area contributed by atoms with E-state index < -0.39 is 0 Å². The molecule has 0 amide bonds. The van der Waals surface area contributed by atoms with Gasteiger partial charge >= 0.3 is 0 Å². The first-order valence-electron chi connectivity index (χ1n) is 10.4. The molecule has 0 unspecified atom stereocenters. The Morgan fingerprint density at radius 3 is 2.77 bits per heavy atom. The Hall–Kier alpha value is -2.52. The van der Waals surface area contributed by atoms with Crippen LogP contribution in [0.1, 0.15) is 23.1 Å². The second-order valence-corrected chi connectivity index (χ2v) is 8.08. The molecule has 8 heteroatoms. The van der Waals surface area contributed by atoms with Gasteiger partial charge in [0.15, 0.2) is 0 Å². The Labute approximate surface area is 175 Å². The molecule has 2 aromatic heterocycles. The van der Waals surface area contributed by atoms with Gasteiger partial charge in [0.2, 0.25) is 0 Å². The minimum absolute atomic E-state index is 0.0124. The molecule has 0 bridgehead atoms. The van der Waals surface area contributed by atoms with E-state index in [2.05, 4.69) is 51.8 Å². The molecule has 0 saturated carbocycles. The first-order chi connectivity index (χ1) is 14.8. The van der Waals surface area contributed by atoms with Crippen molar-refractivity contribution in [3.63, 3.8) is 0 Å². The summed E-state index contributed by atoms with van der Waals surface area (Å²) in [6.45, 7) is 3.48. The van der Waals surface area contributed by atoms with Gasteiger partial charge in [-0.1, -0.05) is 35.5 Å². The average Bonchev–Trinajstić information content (AvgIpc) is 3.53. The molecule has 158 valence electrons. The summed E-state index contributed by atoms with van der Waals surface area (Å²) >= 11 is 0. The summed E-state index contributed by atoms with van der Waals surface area (Å²) < 4.78 is 19.5. The highest BCUT2D eigenvalue weighted by atomic mass is 16.6. The largest absolute Gasteiger partial charge is 0.468 e. The SMILES string of the molecule is CN(Cc1ccccc1)Cc1cn([C@@H]2CO[C@@H]3[C@@H]2OC[C@@H]3NCc2ccco2)nn1. The van der Waals surface area contributed by atoms with Crippen molar-refractivity contribution >= 4 is 0 Å². The number of aromatic nitrogens is 3. The Morgan fingerprint density at radius 1 is 1.07 bits per heavy atom. The molecule has 1 aromatic carbocycles. The summed E-state index contributed by atoms with van der Waals surface area (Å²) in [6, 6.07) is 14.5. The van der Waals surface area contributed by atoms with E-state index in [1.165, 1.54) is 5.56 Å². The molecule has 5 rings (SSSR count). The number of benzene rings is 1. The zero-order chi connectivity index (χ0) is 20.3. The van der Waals surface area contributed by atoms with Crippen molar-refractivity contribution in [2.75, 3.05) is 20.3 Å². The normalized spacial score (nSPS) is 25.8. The van der Waals surface area contributed by atoms with Gasteiger partial charge in [0.1, 0.15) is 24.0 Å². The third-order valence-electron chi connectivity index (χ3n) is 5.77. The number of ether oxygens (including phenoxy) is 2. The molecule has 4 heterocycles. The fraction of sp³-hybridized carbons (Fsp3) is 0.455. The second-order valence-electron chi connectivity index (χ2n) is 8.08. The van der Waals surface area contributed by atoms with Gasteiger partial charge in [0.25, 0.3) is 0 Å². The lowest BCUT2D eigenvalue weighted by atomic mass is 10.1. The van der Waals surface area contributed by atoms with Gasteiger partial charge < -0.3 is 19.2 Å². The number of nitrogens with one attached hydrogen (secondary N) is 1. The van der Waals surface area contributed by atoms with E-state index in [4.69, 9.17) is 13.9 Å². The summed E-state index contributed by atoms with van der Waals surface area (Å²) in [5.74, 6) is 0.911. The highest BCUT2D eigenvalue weighted by Crippen LogP contribution is 2.34. The number of furan rings is 1. The molecule has 2 saturated heterocycles. The molecule has 2 aliphatic heterocycles. The van der Waals surface area contributed by atoms with Gasteiger partial charge in [0.05, 0.1) is 44.0 Å². The fourth-order valence-electron chi connectivity index (χ4n) is 4.30. The molecule has 2 aliphatic rings. The minimum atomic E-state index is -0.0179. The minimum Gasteiger partial charge on any atom is -0.468 e. The standard InChI is InChI=1S/C22H27N5O3/c1-26(11-16-6-3-2-4-7-16)12-17-13-27(25-24-17)20-15-30-21-19(14-29-22(20)21)23-10-18-8-5-9-28-18/h2-9,13,19-23H,10-12,14-15H2,1H3/t19-,20+,21-,22+/m0/s1. The van der Waals surface area contributed by atoms with Crippen LogP contribution < -0.4 is 5.32 Å². The van der Waals surface area contributed by atoms with Crippen molar-refractivity contribution in [2.24, 2.45) is 0 Å². The Bertz CT molecular complexity index is 929. The van der Waals surface area contributed by atoms with Crippen LogP contribution in [0.2, 0.25) is 0 Å². The maximum Gasteiger partial charge on any atom is 0.117 e. The van der Waals surface area contributed by atoms with E-state index in [0.29, 0.717) is 19.8 Å². The van der Waals surface area contributed by atoms with Gasteiger partial charge in [-0.3, -0.25) is 4.90 Å². The lowest BCUT2D eigenvalue weighted by Gasteiger charge is -2.17. The Kier molecular flexibility index (Phi) is 5.63. The van der Waals surface area contributed by atoms with Crippen molar-refractivity contribution < 1.29 is 13.9 Å². The molecular weight excluding hydrogens is 382 g/mol. The monoisotopic (exact) mass is 409 g/mol. The van der Waals surface area contributed by atoms with E-state index in [1.54, 1.807) is 6.26 Å². The predicted octanol–water partition coefficient (Wildman–Crippen LogP) is 2.00. The van der Waals surface area contributed by atoms with Crippen molar-refractivity contribution in [3.05, 3.63) is 71.9 Å². The van der Waals surface area contributed by atoms with Crippen LogP contribution in [0.5, 0.6) is 0 Å². The van der Waals surface area contributed by atoms with Crippen molar-refractivity contribution in [3.8, 4) is 0 Å². The van der Waals surface area contributed by atoms with Gasteiger partial charge in [-0.25, -0.2) is 4.68 Å². The number of fused-ring (bicyclic) bond motifs is 1. The van der Waals surface area contributed by atoms with Crippen LogP contribution in [0.4, 0.5) is 0 Å². The molecule has 1 N–H and O–H groups in total. The third-order valence-corrected chi connectivity index (χ3v) is 5.77. The highest BCUT2D eigenvalue weighted by molar-refractivity contribution is 5.14. The van der Waals surface area contributed by atoms with Crippen LogP contribution in [0.25, 0.3) is 0 Å². The smallest absolute Gasteiger partial charge is 0.117 e. The van der Waals surface area contributed by atoms with E-state index in [0.717, 1.165) is 24.5 Å². The molecule has 4 atom stereocenters. The topological polar surface area (TPSA) is 77.6 Å². The molecule has 30 heavy (non-hydrogen) atoms. The molecule has 2 fully saturated rings. The molecule has 3 aromatic rings. The average molecular weight is 409 g/mol. The number of nitrogens with zero attached hydrogens (tertiary/aromatic N) is 4. The van der Waals surface area contributed by atoms with E-state index in [1.807, 2.05) is 29.1 Å². The predicted molar refractivity (Wildman–Crippen MR) is 109 cm³/mol. The van der Waals surface area contributed by atoms with E-state index in [-0.39, 0.29) is 24.3 Å². The van der Waals surface area contributed by atoms with Crippen molar-refractivity contribution in [1.82, 2.24) is 25.2 Å². The Balaban J connectivity index is 1.17.